The average molecular weight is 452 g/mol. The van der Waals surface area contributed by atoms with E-state index in [9.17, 15) is 9.59 Å². The van der Waals surface area contributed by atoms with Gasteiger partial charge in [-0.05, 0) is 25.7 Å². The van der Waals surface area contributed by atoms with Crippen molar-refractivity contribution in [3.8, 4) is 0 Å². The quantitative estimate of drug-likeness (QED) is 0.357. The van der Waals surface area contributed by atoms with Crippen LogP contribution in [0.2, 0.25) is 0 Å². The molecule has 0 aliphatic heterocycles. The molecule has 0 bridgehead atoms. The van der Waals surface area contributed by atoms with E-state index in [1.54, 1.807) is 0 Å². The van der Waals surface area contributed by atoms with Crippen LogP contribution in [-0.4, -0.2) is 22.2 Å². The van der Waals surface area contributed by atoms with Gasteiger partial charge in [-0.2, -0.15) is 45.3 Å². The smallest absolute Gasteiger partial charge is 0.483 e. The van der Waals surface area contributed by atoms with Crippen molar-refractivity contribution < 1.29 is 36.3 Å². The van der Waals surface area contributed by atoms with Crippen LogP contribution in [0.25, 0.3) is 0 Å². The van der Waals surface area contributed by atoms with Crippen molar-refractivity contribution in [2.24, 2.45) is 0 Å². The van der Waals surface area contributed by atoms with Crippen molar-refractivity contribution >= 4 is 21.8 Å². The Balaban J connectivity index is -0.000000138. The van der Waals surface area contributed by atoms with Gasteiger partial charge in [-0.15, -0.1) is 0 Å². The summed E-state index contributed by atoms with van der Waals surface area (Å²) in [5.41, 5.74) is 2.52. The van der Waals surface area contributed by atoms with Gasteiger partial charge >= 0.3 is 16.5 Å². The standard InChI is InChI=1S/C8H9.C8H12.2C3H5O2.Ni.H3P/c1-7-4-3-5-8(2)6-7;1-2-4-6-8-7-5-3-1;2*1-2-3(4)5;;/h3-4,6H,1-2H3;1-4H,5-8H2;2*1-2H2,(H,4,5);;1H3/q-1;;2*-1;+3;. The van der Waals surface area contributed by atoms with E-state index in [4.69, 9.17) is 10.2 Å². The summed E-state index contributed by atoms with van der Waals surface area (Å²) in [6.45, 7) is 10.3. The Bertz CT molecular complexity index is 512. The summed E-state index contributed by atoms with van der Waals surface area (Å²) >= 11 is 0. The first-order chi connectivity index (χ1) is 12.3. The molecule has 161 valence electrons. The minimum Gasteiger partial charge on any atom is -0.483 e. The molecule has 1 radical (unpaired) electrons. The molecule has 6 heteroatoms. The molecule has 1 aliphatic carbocycles. The normalized spacial score (nSPS) is 11.0. The Hall–Kier alpha value is -1.44. The van der Waals surface area contributed by atoms with E-state index < -0.39 is 11.9 Å². The van der Waals surface area contributed by atoms with Crippen molar-refractivity contribution in [2.45, 2.75) is 52.4 Å². The summed E-state index contributed by atoms with van der Waals surface area (Å²) in [7, 11) is 0. The third-order valence-corrected chi connectivity index (χ3v) is 2.90. The zero-order chi connectivity index (χ0) is 20.2. The number of aryl methyl sites for hydroxylation is 2. The zero-order valence-electron chi connectivity index (χ0n) is 16.9. The fraction of sp³-hybridized carbons (Fsp3) is 0.364. The van der Waals surface area contributed by atoms with Gasteiger partial charge in [0, 0.05) is 0 Å². The fourth-order valence-electron chi connectivity index (χ4n) is 1.61. The Kier molecular flexibility index (Phi) is 31.1. The maximum atomic E-state index is 9.31. The molecule has 0 amide bonds. The molecular formula is C22H34NiO4P. The monoisotopic (exact) mass is 451 g/mol. The van der Waals surface area contributed by atoms with Crippen molar-refractivity contribution in [3.63, 3.8) is 0 Å². The van der Waals surface area contributed by atoms with Crippen LogP contribution in [0.3, 0.4) is 0 Å². The number of benzene rings is 1. The van der Waals surface area contributed by atoms with E-state index in [1.807, 2.05) is 19.1 Å². The van der Waals surface area contributed by atoms with Crippen LogP contribution in [-0.2, 0) is 26.1 Å². The van der Waals surface area contributed by atoms with Crippen LogP contribution in [0.1, 0.15) is 49.7 Å². The zero-order valence-corrected chi connectivity index (χ0v) is 19.3. The van der Waals surface area contributed by atoms with Gasteiger partial charge in [-0.25, -0.2) is 0 Å². The van der Waals surface area contributed by atoms with Crippen molar-refractivity contribution in [2.75, 3.05) is 0 Å². The molecule has 1 aromatic carbocycles. The summed E-state index contributed by atoms with van der Waals surface area (Å²) < 4.78 is 0. The topological polar surface area (TPSA) is 74.6 Å². The Morgan fingerprint density at radius 2 is 1.39 bits per heavy atom. The molecule has 4 nitrogen and oxygen atoms in total. The average Bonchev–Trinajstić information content (AvgIpc) is 2.55. The van der Waals surface area contributed by atoms with Gasteiger partial charge in [0.1, 0.15) is 0 Å². The second kappa shape index (κ2) is 25.6. The number of allylic oxidation sites excluding steroid dienone is 4. The summed E-state index contributed by atoms with van der Waals surface area (Å²) in [5, 5.41) is 15.3. The van der Waals surface area contributed by atoms with E-state index in [2.05, 4.69) is 57.2 Å². The molecule has 1 aliphatic rings. The van der Waals surface area contributed by atoms with Crippen molar-refractivity contribution in [3.05, 3.63) is 73.5 Å². The summed E-state index contributed by atoms with van der Waals surface area (Å²) in [5.74, 6) is -1.71. The maximum Gasteiger partial charge on any atom is 3.00 e. The van der Waals surface area contributed by atoms with Gasteiger partial charge in [0.25, 0.3) is 11.9 Å². The minimum absolute atomic E-state index is 0. The van der Waals surface area contributed by atoms with Crippen molar-refractivity contribution in [1.29, 1.82) is 0 Å². The summed E-state index contributed by atoms with van der Waals surface area (Å²) in [6, 6.07) is 9.18. The molecule has 0 saturated carbocycles. The number of hydrogen-bond acceptors (Lipinski definition) is 2. The van der Waals surface area contributed by atoms with Crippen LogP contribution in [0.4, 0.5) is 0 Å². The molecule has 2 N–H and O–H groups in total. The van der Waals surface area contributed by atoms with Gasteiger partial charge in [0.2, 0.25) is 0 Å². The van der Waals surface area contributed by atoms with Crippen LogP contribution >= 0.6 is 9.90 Å². The van der Waals surface area contributed by atoms with Crippen LogP contribution in [0.5, 0.6) is 0 Å². The molecule has 1 atom stereocenters. The molecule has 1 aromatic rings. The van der Waals surface area contributed by atoms with Gasteiger partial charge in [-0.3, -0.25) is 9.59 Å². The van der Waals surface area contributed by atoms with Crippen molar-refractivity contribution in [1.82, 2.24) is 0 Å². The number of carbonyl (C=O) groups is 2. The van der Waals surface area contributed by atoms with Gasteiger partial charge < -0.3 is 24.1 Å². The molecule has 28 heavy (non-hydrogen) atoms. The van der Waals surface area contributed by atoms with Gasteiger partial charge in [0.15, 0.2) is 0 Å². The largest absolute Gasteiger partial charge is 3.00 e. The van der Waals surface area contributed by atoms with E-state index in [0.717, 1.165) is 0 Å². The Morgan fingerprint density at radius 3 is 1.64 bits per heavy atom. The predicted octanol–water partition coefficient (Wildman–Crippen LogP) is 5.42. The molecule has 2 rings (SSSR count). The van der Waals surface area contributed by atoms with E-state index >= 15 is 0 Å². The second-order valence-corrected chi connectivity index (χ2v) is 5.48. The molecule has 0 aromatic heterocycles. The maximum absolute atomic E-state index is 9.31. The Labute approximate surface area is 184 Å². The minimum atomic E-state index is -0.856. The fourth-order valence-corrected chi connectivity index (χ4v) is 1.61. The van der Waals surface area contributed by atoms with Gasteiger partial charge in [0.05, 0.1) is 0 Å². The molecule has 0 spiro atoms. The second-order valence-electron chi connectivity index (χ2n) is 5.48. The third kappa shape index (κ3) is 32.3. The van der Waals surface area contributed by atoms with E-state index in [-0.39, 0.29) is 39.2 Å². The van der Waals surface area contributed by atoms with Gasteiger partial charge in [-0.1, -0.05) is 51.0 Å². The SMILES string of the molecule is C1=CCCCCC=C1.Cc1[c-]ccc(C)c1.P.[CH2-]CC(=O)O.[CH2-]CC(=O)O.[Ni+3]. The first kappa shape index (κ1) is 34.1. The van der Waals surface area contributed by atoms with Crippen LogP contribution in [0, 0.1) is 33.8 Å². The molecule has 0 fully saturated rings. The Morgan fingerprint density at radius 1 is 1.00 bits per heavy atom. The number of carboxylic acids is 2. The molecule has 0 saturated heterocycles. The third-order valence-electron chi connectivity index (χ3n) is 2.90. The predicted molar refractivity (Wildman–Crippen MR) is 118 cm³/mol. The number of hydrogen-bond donors (Lipinski definition) is 2. The molecular weight excluding hydrogens is 418 g/mol. The molecule has 1 unspecified atom stereocenters. The summed E-state index contributed by atoms with van der Waals surface area (Å²) in [6.07, 6.45) is 13.9. The number of aliphatic carboxylic acids is 2. The van der Waals surface area contributed by atoms with Crippen LogP contribution < -0.4 is 0 Å². The molecule has 0 heterocycles. The first-order valence-corrected chi connectivity index (χ1v) is 8.62. The summed E-state index contributed by atoms with van der Waals surface area (Å²) in [4.78, 5) is 18.6. The number of rotatable bonds is 2. The van der Waals surface area contributed by atoms with E-state index in [0.29, 0.717) is 0 Å². The van der Waals surface area contributed by atoms with Crippen LogP contribution in [0.15, 0.2) is 42.5 Å². The number of carboxylic acid groups (broad SMARTS) is 2. The first-order valence-electron chi connectivity index (χ1n) is 8.62. The van der Waals surface area contributed by atoms with E-state index in [1.165, 1.54) is 36.8 Å².